The Balaban J connectivity index is 1.49. The molecule has 0 N–H and O–H groups in total. The van der Waals surface area contributed by atoms with Crippen molar-refractivity contribution in [3.63, 3.8) is 0 Å². The predicted molar refractivity (Wildman–Crippen MR) is 108 cm³/mol. The Morgan fingerprint density at radius 3 is 2.85 bits per heavy atom. The number of amides is 1. The molecule has 2 atom stereocenters. The third-order valence-electron chi connectivity index (χ3n) is 5.72. The van der Waals surface area contributed by atoms with E-state index in [0.717, 1.165) is 35.7 Å². The highest BCUT2D eigenvalue weighted by atomic mass is 35.5. The van der Waals surface area contributed by atoms with Gasteiger partial charge >= 0.3 is 0 Å². The maximum absolute atomic E-state index is 13.0. The summed E-state index contributed by atoms with van der Waals surface area (Å²) in [4.78, 5) is 19.8. The molecule has 2 aliphatic rings. The zero-order chi connectivity index (χ0) is 18.5. The van der Waals surface area contributed by atoms with E-state index in [0.29, 0.717) is 22.9 Å². The van der Waals surface area contributed by atoms with Gasteiger partial charge in [0.05, 0.1) is 17.1 Å². The fourth-order valence-electron chi connectivity index (χ4n) is 5.15. The quantitative estimate of drug-likeness (QED) is 0.702. The maximum atomic E-state index is 13.0. The van der Waals surface area contributed by atoms with E-state index in [9.17, 15) is 4.79 Å². The number of likely N-dealkylation sites (tertiary alicyclic amines) is 1. The topological polar surface area (TPSA) is 33.2 Å². The number of benzene rings is 1. The normalized spacial score (nSPS) is 26.9. The van der Waals surface area contributed by atoms with Crippen molar-refractivity contribution in [1.29, 1.82) is 0 Å². The van der Waals surface area contributed by atoms with Gasteiger partial charge in [-0.15, -0.1) is 11.3 Å². The van der Waals surface area contributed by atoms with E-state index in [2.05, 4.69) is 30.7 Å². The summed E-state index contributed by atoms with van der Waals surface area (Å²) < 4.78 is 0. The van der Waals surface area contributed by atoms with Crippen LogP contribution in [0.5, 0.6) is 0 Å². The monoisotopic (exact) mass is 388 g/mol. The minimum atomic E-state index is 0.215. The number of hydrogen-bond donors (Lipinski definition) is 0. The smallest absolute Gasteiger partial charge is 0.228 e. The summed E-state index contributed by atoms with van der Waals surface area (Å²) in [5.41, 5.74) is 2.38. The number of aromatic nitrogens is 1. The summed E-state index contributed by atoms with van der Waals surface area (Å²) in [6, 6.07) is 8.10. The first-order valence-corrected chi connectivity index (χ1v) is 10.5. The molecule has 1 saturated carbocycles. The van der Waals surface area contributed by atoms with E-state index in [1.54, 1.807) is 11.3 Å². The lowest BCUT2D eigenvalue weighted by Gasteiger charge is -2.39. The molecule has 3 nitrogen and oxygen atoms in total. The van der Waals surface area contributed by atoms with Gasteiger partial charge in [0, 0.05) is 23.5 Å². The van der Waals surface area contributed by atoms with Gasteiger partial charge in [0.1, 0.15) is 5.01 Å². The second kappa shape index (κ2) is 6.35. The van der Waals surface area contributed by atoms with Crippen LogP contribution in [0.15, 0.2) is 29.6 Å². The molecule has 1 amide bonds. The number of halogens is 1. The molecular formula is C21H25ClN2OS. The molecule has 1 aromatic carbocycles. The molecule has 2 fully saturated rings. The zero-order valence-corrected chi connectivity index (χ0v) is 17.2. The molecular weight excluding hydrogens is 364 g/mol. The minimum absolute atomic E-state index is 0.215. The van der Waals surface area contributed by atoms with Gasteiger partial charge in [0.2, 0.25) is 5.91 Å². The summed E-state index contributed by atoms with van der Waals surface area (Å²) >= 11 is 7.83. The van der Waals surface area contributed by atoms with Crippen LogP contribution in [0.25, 0.3) is 10.6 Å². The van der Waals surface area contributed by atoms with Gasteiger partial charge in [-0.25, -0.2) is 4.98 Å². The minimum Gasteiger partial charge on any atom is -0.339 e. The maximum Gasteiger partial charge on any atom is 0.228 e. The van der Waals surface area contributed by atoms with E-state index < -0.39 is 0 Å². The van der Waals surface area contributed by atoms with Crippen molar-refractivity contribution in [3.05, 3.63) is 40.4 Å². The third kappa shape index (κ3) is 3.41. The summed E-state index contributed by atoms with van der Waals surface area (Å²) in [5.74, 6) is 0.215. The van der Waals surface area contributed by atoms with E-state index in [1.165, 1.54) is 6.42 Å². The van der Waals surface area contributed by atoms with Crippen LogP contribution in [0.2, 0.25) is 5.02 Å². The lowest BCUT2D eigenvalue weighted by atomic mass is 9.65. The highest BCUT2D eigenvalue weighted by Crippen LogP contribution is 2.52. The van der Waals surface area contributed by atoms with Gasteiger partial charge in [-0.05, 0) is 36.2 Å². The molecule has 1 saturated heterocycles. The fraction of sp³-hybridized carbons (Fsp3) is 0.524. The van der Waals surface area contributed by atoms with Crippen LogP contribution in [0.3, 0.4) is 0 Å². The molecule has 2 heterocycles. The molecule has 2 unspecified atom stereocenters. The van der Waals surface area contributed by atoms with E-state index in [1.807, 2.05) is 29.6 Å². The summed E-state index contributed by atoms with van der Waals surface area (Å²) in [5, 5.41) is 3.57. The Hall–Kier alpha value is -1.39. The van der Waals surface area contributed by atoms with Crippen molar-refractivity contribution in [1.82, 2.24) is 9.88 Å². The Morgan fingerprint density at radius 1 is 1.31 bits per heavy atom. The van der Waals surface area contributed by atoms with Crippen molar-refractivity contribution in [3.8, 4) is 10.6 Å². The zero-order valence-electron chi connectivity index (χ0n) is 15.6. The Bertz CT molecular complexity index is 846. The number of rotatable bonds is 3. The van der Waals surface area contributed by atoms with Crippen LogP contribution in [-0.4, -0.2) is 28.4 Å². The number of nitrogens with zero attached hydrogens (tertiary/aromatic N) is 2. The lowest BCUT2D eigenvalue weighted by molar-refractivity contribution is -0.131. The predicted octanol–water partition coefficient (Wildman–Crippen LogP) is 5.43. The number of thiazole rings is 1. The molecule has 0 spiro atoms. The van der Waals surface area contributed by atoms with E-state index >= 15 is 0 Å². The molecule has 4 rings (SSSR count). The van der Waals surface area contributed by atoms with Crippen molar-refractivity contribution >= 4 is 28.8 Å². The van der Waals surface area contributed by atoms with Crippen LogP contribution in [0.4, 0.5) is 0 Å². The van der Waals surface area contributed by atoms with Gasteiger partial charge in [-0.3, -0.25) is 4.79 Å². The molecule has 138 valence electrons. The molecule has 0 radical (unpaired) electrons. The fourth-order valence-corrected chi connectivity index (χ4v) is 6.29. The van der Waals surface area contributed by atoms with E-state index in [-0.39, 0.29) is 11.3 Å². The second-order valence-electron chi connectivity index (χ2n) is 9.04. The SMILES string of the molecule is CC1(C)CC2CC(C)(CN2C(=O)Cc2csc(-c3ccccc3Cl)n2)C1. The molecule has 26 heavy (non-hydrogen) atoms. The highest BCUT2D eigenvalue weighted by Gasteiger charge is 2.50. The lowest BCUT2D eigenvalue weighted by Crippen LogP contribution is -2.38. The van der Waals surface area contributed by atoms with Crippen molar-refractivity contribution in [2.45, 2.75) is 52.5 Å². The standard InChI is InChI=1S/C21H25ClN2OS/c1-20(2)9-15-10-21(3,12-20)13-24(15)18(25)8-14-11-26-19(23-14)16-6-4-5-7-17(16)22/h4-7,11,15H,8-10,12-13H2,1-3H3. The molecule has 1 aliphatic carbocycles. The first-order chi connectivity index (χ1) is 12.2. The Labute approximate surface area is 164 Å². The first kappa shape index (κ1) is 18.0. The Morgan fingerprint density at radius 2 is 2.08 bits per heavy atom. The first-order valence-electron chi connectivity index (χ1n) is 9.24. The molecule has 2 bridgehead atoms. The van der Waals surface area contributed by atoms with Gasteiger partial charge in [0.25, 0.3) is 0 Å². The van der Waals surface area contributed by atoms with Crippen molar-refractivity contribution < 1.29 is 4.79 Å². The largest absolute Gasteiger partial charge is 0.339 e. The number of hydrogen-bond acceptors (Lipinski definition) is 3. The van der Waals surface area contributed by atoms with Crippen LogP contribution in [-0.2, 0) is 11.2 Å². The van der Waals surface area contributed by atoms with Crippen LogP contribution in [0.1, 0.15) is 45.7 Å². The van der Waals surface area contributed by atoms with E-state index in [4.69, 9.17) is 11.6 Å². The molecule has 1 aromatic heterocycles. The van der Waals surface area contributed by atoms with Crippen LogP contribution in [0, 0.1) is 10.8 Å². The van der Waals surface area contributed by atoms with Gasteiger partial charge in [0.15, 0.2) is 0 Å². The van der Waals surface area contributed by atoms with Gasteiger partial charge < -0.3 is 4.90 Å². The number of carbonyl (C=O) groups excluding carboxylic acids is 1. The van der Waals surface area contributed by atoms with Crippen molar-refractivity contribution in [2.75, 3.05) is 6.54 Å². The van der Waals surface area contributed by atoms with Gasteiger partial charge in [-0.2, -0.15) is 0 Å². The van der Waals surface area contributed by atoms with Crippen LogP contribution >= 0.6 is 22.9 Å². The number of carbonyl (C=O) groups is 1. The average Bonchev–Trinajstić information content (AvgIpc) is 3.08. The molecule has 2 aromatic rings. The summed E-state index contributed by atoms with van der Waals surface area (Å²) in [7, 11) is 0. The third-order valence-corrected chi connectivity index (χ3v) is 6.98. The molecule has 5 heteroatoms. The van der Waals surface area contributed by atoms with Crippen molar-refractivity contribution in [2.24, 2.45) is 10.8 Å². The van der Waals surface area contributed by atoms with Gasteiger partial charge in [-0.1, -0.05) is 50.6 Å². The molecule has 1 aliphatic heterocycles. The van der Waals surface area contributed by atoms with Crippen LogP contribution < -0.4 is 0 Å². The highest BCUT2D eigenvalue weighted by molar-refractivity contribution is 7.13. The average molecular weight is 389 g/mol. The summed E-state index contributed by atoms with van der Waals surface area (Å²) in [6.45, 7) is 7.90. The second-order valence-corrected chi connectivity index (χ2v) is 10.3. The Kier molecular flexibility index (Phi) is 4.39. The number of fused-ring (bicyclic) bond motifs is 2. The summed E-state index contributed by atoms with van der Waals surface area (Å²) in [6.07, 6.45) is 3.84.